The van der Waals surface area contributed by atoms with Crippen LogP contribution in [0, 0.1) is 5.82 Å². The number of rotatable bonds is 5. The van der Waals surface area contributed by atoms with Crippen molar-refractivity contribution in [1.82, 2.24) is 0 Å². The number of halogens is 1. The van der Waals surface area contributed by atoms with E-state index in [2.05, 4.69) is 10.6 Å². The standard InChI is InChI=1S/C20H17FN2O2/c1-25-17-6-4-5-16(13-17)22-14-9-11-15(12-10-14)23-20(24)18-7-2-3-8-19(18)21/h2-13,22H,1H3,(H,23,24). The highest BCUT2D eigenvalue weighted by molar-refractivity contribution is 6.04. The van der Waals surface area contributed by atoms with Gasteiger partial charge in [0.05, 0.1) is 12.7 Å². The molecule has 3 rings (SSSR count). The summed E-state index contributed by atoms with van der Waals surface area (Å²) in [4.78, 5) is 12.1. The molecule has 0 spiro atoms. The number of nitrogens with one attached hydrogen (secondary N) is 2. The predicted molar refractivity (Wildman–Crippen MR) is 97.1 cm³/mol. The highest BCUT2D eigenvalue weighted by atomic mass is 19.1. The summed E-state index contributed by atoms with van der Waals surface area (Å²) in [5, 5.41) is 5.93. The van der Waals surface area contributed by atoms with Gasteiger partial charge in [-0.25, -0.2) is 4.39 Å². The van der Waals surface area contributed by atoms with Crippen LogP contribution >= 0.6 is 0 Å². The monoisotopic (exact) mass is 336 g/mol. The zero-order valence-corrected chi connectivity index (χ0v) is 13.6. The second-order valence-electron chi connectivity index (χ2n) is 5.37. The number of carbonyl (C=O) groups excluding carboxylic acids is 1. The van der Waals surface area contributed by atoms with Crippen LogP contribution in [0.25, 0.3) is 0 Å². The third kappa shape index (κ3) is 4.14. The number of carbonyl (C=O) groups is 1. The summed E-state index contributed by atoms with van der Waals surface area (Å²) in [6, 6.07) is 20.6. The lowest BCUT2D eigenvalue weighted by Crippen LogP contribution is -2.13. The minimum absolute atomic E-state index is 0.0149. The van der Waals surface area contributed by atoms with E-state index in [9.17, 15) is 9.18 Å². The Morgan fingerprint density at radius 2 is 1.60 bits per heavy atom. The van der Waals surface area contributed by atoms with E-state index in [4.69, 9.17) is 4.74 Å². The second-order valence-corrected chi connectivity index (χ2v) is 5.37. The maximum atomic E-state index is 13.6. The number of amides is 1. The molecule has 0 aromatic heterocycles. The van der Waals surface area contributed by atoms with Gasteiger partial charge in [0.2, 0.25) is 0 Å². The number of anilines is 3. The molecular formula is C20H17FN2O2. The molecule has 0 unspecified atom stereocenters. The van der Waals surface area contributed by atoms with Crippen molar-refractivity contribution in [3.05, 3.63) is 84.2 Å². The quantitative estimate of drug-likeness (QED) is 0.701. The van der Waals surface area contributed by atoms with Crippen molar-refractivity contribution < 1.29 is 13.9 Å². The first-order valence-corrected chi connectivity index (χ1v) is 7.73. The lowest BCUT2D eigenvalue weighted by Gasteiger charge is -2.10. The molecular weight excluding hydrogens is 319 g/mol. The molecule has 3 aromatic carbocycles. The number of benzene rings is 3. The Bertz CT molecular complexity index is 879. The van der Waals surface area contributed by atoms with Gasteiger partial charge >= 0.3 is 0 Å². The molecule has 0 heterocycles. The van der Waals surface area contributed by atoms with E-state index in [1.165, 1.54) is 12.1 Å². The third-order valence-corrected chi connectivity index (χ3v) is 3.62. The summed E-state index contributed by atoms with van der Waals surface area (Å²) in [5.41, 5.74) is 2.35. The zero-order chi connectivity index (χ0) is 17.6. The van der Waals surface area contributed by atoms with Crippen LogP contribution in [0.15, 0.2) is 72.8 Å². The molecule has 126 valence electrons. The molecule has 4 nitrogen and oxygen atoms in total. The Morgan fingerprint density at radius 1 is 0.880 bits per heavy atom. The first-order chi connectivity index (χ1) is 12.2. The Labute approximate surface area is 145 Å². The first-order valence-electron chi connectivity index (χ1n) is 7.73. The fraction of sp³-hybridized carbons (Fsp3) is 0.0500. The molecule has 0 fully saturated rings. The minimum atomic E-state index is -0.545. The topological polar surface area (TPSA) is 50.4 Å². The SMILES string of the molecule is COc1cccc(Nc2ccc(NC(=O)c3ccccc3F)cc2)c1. The molecule has 0 radical (unpaired) electrons. The van der Waals surface area contributed by atoms with E-state index < -0.39 is 11.7 Å². The molecule has 0 bridgehead atoms. The van der Waals surface area contributed by atoms with Gasteiger partial charge in [0, 0.05) is 23.1 Å². The third-order valence-electron chi connectivity index (χ3n) is 3.62. The van der Waals surface area contributed by atoms with Crippen molar-refractivity contribution in [1.29, 1.82) is 0 Å². The van der Waals surface area contributed by atoms with Crippen LogP contribution in [0.1, 0.15) is 10.4 Å². The largest absolute Gasteiger partial charge is 0.497 e. The van der Waals surface area contributed by atoms with Gasteiger partial charge in [-0.3, -0.25) is 4.79 Å². The van der Waals surface area contributed by atoms with Crippen LogP contribution in [-0.4, -0.2) is 13.0 Å². The fourth-order valence-corrected chi connectivity index (χ4v) is 2.35. The van der Waals surface area contributed by atoms with E-state index in [1.54, 1.807) is 31.4 Å². The van der Waals surface area contributed by atoms with Crippen LogP contribution in [0.2, 0.25) is 0 Å². The second kappa shape index (κ2) is 7.49. The van der Waals surface area contributed by atoms with E-state index >= 15 is 0 Å². The van der Waals surface area contributed by atoms with Gasteiger partial charge in [-0.1, -0.05) is 18.2 Å². The lowest BCUT2D eigenvalue weighted by atomic mass is 10.2. The van der Waals surface area contributed by atoms with Crippen LogP contribution in [0.5, 0.6) is 5.75 Å². The molecule has 0 saturated heterocycles. The van der Waals surface area contributed by atoms with Crippen LogP contribution in [-0.2, 0) is 0 Å². The van der Waals surface area contributed by atoms with Crippen molar-refractivity contribution in [2.24, 2.45) is 0 Å². The van der Waals surface area contributed by atoms with Gasteiger partial charge in [0.25, 0.3) is 5.91 Å². The summed E-state index contributed by atoms with van der Waals surface area (Å²) in [6.07, 6.45) is 0. The molecule has 0 aliphatic carbocycles. The maximum absolute atomic E-state index is 13.6. The Balaban J connectivity index is 1.68. The number of ether oxygens (including phenoxy) is 1. The molecule has 25 heavy (non-hydrogen) atoms. The molecule has 2 N–H and O–H groups in total. The zero-order valence-electron chi connectivity index (χ0n) is 13.6. The van der Waals surface area contributed by atoms with Crippen molar-refractivity contribution in [2.45, 2.75) is 0 Å². The van der Waals surface area contributed by atoms with Crippen molar-refractivity contribution >= 4 is 23.0 Å². The predicted octanol–water partition coefficient (Wildman–Crippen LogP) is 4.83. The number of hydrogen-bond donors (Lipinski definition) is 2. The van der Waals surface area contributed by atoms with Crippen molar-refractivity contribution in [3.63, 3.8) is 0 Å². The number of hydrogen-bond acceptors (Lipinski definition) is 3. The maximum Gasteiger partial charge on any atom is 0.258 e. The average Bonchev–Trinajstić information content (AvgIpc) is 2.64. The Kier molecular flexibility index (Phi) is 4.95. The summed E-state index contributed by atoms with van der Waals surface area (Å²) in [5.74, 6) is -0.262. The minimum Gasteiger partial charge on any atom is -0.497 e. The summed E-state index contributed by atoms with van der Waals surface area (Å²) in [6.45, 7) is 0. The summed E-state index contributed by atoms with van der Waals surface area (Å²) >= 11 is 0. The molecule has 0 atom stereocenters. The van der Waals surface area contributed by atoms with Crippen LogP contribution in [0.4, 0.5) is 21.5 Å². The normalized spacial score (nSPS) is 10.2. The summed E-state index contributed by atoms with van der Waals surface area (Å²) < 4.78 is 18.8. The number of methoxy groups -OCH3 is 1. The van der Waals surface area contributed by atoms with Crippen molar-refractivity contribution in [3.8, 4) is 5.75 Å². The fourth-order valence-electron chi connectivity index (χ4n) is 2.35. The molecule has 0 aliphatic heterocycles. The Morgan fingerprint density at radius 3 is 2.32 bits per heavy atom. The van der Waals surface area contributed by atoms with E-state index in [-0.39, 0.29) is 5.56 Å². The highest BCUT2D eigenvalue weighted by Crippen LogP contribution is 2.22. The van der Waals surface area contributed by atoms with Gasteiger partial charge in [-0.2, -0.15) is 0 Å². The highest BCUT2D eigenvalue weighted by Gasteiger charge is 2.10. The van der Waals surface area contributed by atoms with Gasteiger partial charge in [0.15, 0.2) is 0 Å². The average molecular weight is 336 g/mol. The molecule has 5 heteroatoms. The first kappa shape index (κ1) is 16.5. The van der Waals surface area contributed by atoms with Gasteiger partial charge in [0.1, 0.15) is 11.6 Å². The Hall–Kier alpha value is -3.34. The van der Waals surface area contributed by atoms with E-state index in [0.717, 1.165) is 17.1 Å². The lowest BCUT2D eigenvalue weighted by molar-refractivity contribution is 0.102. The van der Waals surface area contributed by atoms with Crippen molar-refractivity contribution in [2.75, 3.05) is 17.7 Å². The van der Waals surface area contributed by atoms with Gasteiger partial charge in [-0.15, -0.1) is 0 Å². The van der Waals surface area contributed by atoms with E-state index in [0.29, 0.717) is 5.69 Å². The summed E-state index contributed by atoms with van der Waals surface area (Å²) in [7, 11) is 1.62. The van der Waals surface area contributed by atoms with Gasteiger partial charge < -0.3 is 15.4 Å². The molecule has 3 aromatic rings. The van der Waals surface area contributed by atoms with E-state index in [1.807, 2.05) is 36.4 Å². The molecule has 1 amide bonds. The molecule has 0 aliphatic rings. The molecule has 0 saturated carbocycles. The van der Waals surface area contributed by atoms with Gasteiger partial charge in [-0.05, 0) is 48.5 Å². The van der Waals surface area contributed by atoms with Crippen LogP contribution < -0.4 is 15.4 Å². The van der Waals surface area contributed by atoms with Crippen LogP contribution in [0.3, 0.4) is 0 Å². The smallest absolute Gasteiger partial charge is 0.258 e.